The molecule has 0 radical (unpaired) electrons. The van der Waals surface area contributed by atoms with Gasteiger partial charge in [0.1, 0.15) is 5.82 Å². The van der Waals surface area contributed by atoms with Crippen LogP contribution < -0.4 is 10.6 Å². The second-order valence-corrected chi connectivity index (χ2v) is 4.63. The fourth-order valence-corrected chi connectivity index (χ4v) is 1.83. The van der Waals surface area contributed by atoms with Crippen molar-refractivity contribution < 1.29 is 0 Å². The average molecular weight is 256 g/mol. The van der Waals surface area contributed by atoms with E-state index in [1.165, 1.54) is 11.1 Å². The number of rotatable bonds is 4. The minimum Gasteiger partial charge on any atom is -0.354 e. The van der Waals surface area contributed by atoms with Crippen molar-refractivity contribution in [1.29, 1.82) is 0 Å². The molecule has 19 heavy (non-hydrogen) atoms. The Labute approximate surface area is 114 Å². The quantitative estimate of drug-likeness (QED) is 0.878. The highest BCUT2D eigenvalue weighted by Crippen LogP contribution is 2.23. The zero-order chi connectivity index (χ0) is 13.8. The first-order valence-electron chi connectivity index (χ1n) is 6.52. The average Bonchev–Trinajstić information content (AvgIpc) is 2.39. The molecule has 2 rings (SSSR count). The van der Waals surface area contributed by atoms with Crippen molar-refractivity contribution in [3.05, 3.63) is 41.1 Å². The molecule has 0 saturated carbocycles. The molecule has 0 amide bonds. The van der Waals surface area contributed by atoms with Crippen LogP contribution in [0.1, 0.15) is 23.6 Å². The first kappa shape index (κ1) is 13.3. The van der Waals surface area contributed by atoms with Gasteiger partial charge < -0.3 is 10.6 Å². The minimum absolute atomic E-state index is 0.654. The van der Waals surface area contributed by atoms with Crippen LogP contribution >= 0.6 is 0 Å². The number of nitrogens with one attached hydrogen (secondary N) is 2. The fraction of sp³-hybridized carbons (Fsp3) is 0.333. The molecule has 1 aromatic heterocycles. The molecule has 0 atom stereocenters. The summed E-state index contributed by atoms with van der Waals surface area (Å²) < 4.78 is 0. The lowest BCUT2D eigenvalue weighted by atomic mass is 10.1. The lowest BCUT2D eigenvalue weighted by molar-refractivity contribution is 1.07. The van der Waals surface area contributed by atoms with Gasteiger partial charge in [-0.05, 0) is 44.9 Å². The maximum absolute atomic E-state index is 4.49. The lowest BCUT2D eigenvalue weighted by Crippen LogP contribution is -2.06. The van der Waals surface area contributed by atoms with Gasteiger partial charge in [-0.15, -0.1) is 0 Å². The minimum atomic E-state index is 0.654. The molecule has 1 heterocycles. The van der Waals surface area contributed by atoms with E-state index < -0.39 is 0 Å². The molecule has 0 aliphatic rings. The monoisotopic (exact) mass is 256 g/mol. The van der Waals surface area contributed by atoms with Gasteiger partial charge in [0.05, 0.1) is 0 Å². The van der Waals surface area contributed by atoms with E-state index in [2.05, 4.69) is 46.6 Å². The largest absolute Gasteiger partial charge is 0.354 e. The number of aromatic nitrogens is 2. The first-order chi connectivity index (χ1) is 9.11. The predicted molar refractivity (Wildman–Crippen MR) is 80.1 cm³/mol. The van der Waals surface area contributed by atoms with Gasteiger partial charge in [0.25, 0.3) is 0 Å². The van der Waals surface area contributed by atoms with E-state index in [9.17, 15) is 0 Å². The van der Waals surface area contributed by atoms with Gasteiger partial charge in [-0.3, -0.25) is 0 Å². The Bertz CT molecular complexity index is 578. The number of aryl methyl sites for hydroxylation is 2. The zero-order valence-corrected chi connectivity index (χ0v) is 11.9. The van der Waals surface area contributed by atoms with E-state index in [0.29, 0.717) is 5.95 Å². The van der Waals surface area contributed by atoms with Crippen molar-refractivity contribution in [1.82, 2.24) is 9.97 Å². The van der Waals surface area contributed by atoms with Gasteiger partial charge in [-0.2, -0.15) is 4.98 Å². The maximum atomic E-state index is 4.49. The third-order valence-corrected chi connectivity index (χ3v) is 3.16. The van der Waals surface area contributed by atoms with Crippen LogP contribution in [0.15, 0.2) is 24.4 Å². The molecular formula is C15H20N4. The Morgan fingerprint density at radius 1 is 1.11 bits per heavy atom. The smallest absolute Gasteiger partial charge is 0.224 e. The lowest BCUT2D eigenvalue weighted by Gasteiger charge is -2.13. The predicted octanol–water partition coefficient (Wildman–Crippen LogP) is 3.58. The number of hydrogen-bond acceptors (Lipinski definition) is 4. The molecule has 0 saturated heterocycles. The van der Waals surface area contributed by atoms with Crippen molar-refractivity contribution >= 4 is 17.5 Å². The summed E-state index contributed by atoms with van der Waals surface area (Å²) in [6.07, 6.45) is 1.83. The van der Waals surface area contributed by atoms with Crippen LogP contribution in [0.4, 0.5) is 17.5 Å². The first-order valence-corrected chi connectivity index (χ1v) is 6.52. The van der Waals surface area contributed by atoms with Crippen molar-refractivity contribution in [2.24, 2.45) is 0 Å². The molecule has 2 aromatic rings. The van der Waals surface area contributed by atoms with Gasteiger partial charge in [0.2, 0.25) is 5.95 Å². The van der Waals surface area contributed by atoms with E-state index in [-0.39, 0.29) is 0 Å². The van der Waals surface area contributed by atoms with Crippen LogP contribution in [0.2, 0.25) is 0 Å². The molecule has 0 aliphatic heterocycles. The van der Waals surface area contributed by atoms with Gasteiger partial charge >= 0.3 is 0 Å². The summed E-state index contributed by atoms with van der Waals surface area (Å²) >= 11 is 0. The molecule has 2 N–H and O–H groups in total. The Kier molecular flexibility index (Phi) is 4.00. The standard InChI is InChI=1S/C15H20N4/c1-5-16-15-17-9-11(3)14(19-15)18-13-8-6-7-10(2)12(13)4/h6-9H,5H2,1-4H3,(H2,16,17,18,19). The van der Waals surface area contributed by atoms with Crippen LogP contribution in [-0.2, 0) is 0 Å². The van der Waals surface area contributed by atoms with Crippen LogP contribution in [0.5, 0.6) is 0 Å². The SMILES string of the molecule is CCNc1ncc(C)c(Nc2cccc(C)c2C)n1. The highest BCUT2D eigenvalue weighted by Gasteiger charge is 2.06. The molecule has 0 aliphatic carbocycles. The molecule has 1 aromatic carbocycles. The second-order valence-electron chi connectivity index (χ2n) is 4.63. The van der Waals surface area contributed by atoms with E-state index in [0.717, 1.165) is 23.6 Å². The highest BCUT2D eigenvalue weighted by atomic mass is 15.1. The number of nitrogens with zero attached hydrogens (tertiary/aromatic N) is 2. The van der Waals surface area contributed by atoms with Gasteiger partial charge in [0, 0.05) is 24.0 Å². The molecular weight excluding hydrogens is 236 g/mol. The second kappa shape index (κ2) is 5.69. The van der Waals surface area contributed by atoms with Crippen molar-refractivity contribution in [2.45, 2.75) is 27.7 Å². The molecule has 4 heteroatoms. The van der Waals surface area contributed by atoms with Gasteiger partial charge in [0.15, 0.2) is 0 Å². The normalized spacial score (nSPS) is 10.3. The Balaban J connectivity index is 2.32. The van der Waals surface area contributed by atoms with Crippen LogP contribution in [0, 0.1) is 20.8 Å². The number of benzene rings is 1. The van der Waals surface area contributed by atoms with Crippen molar-refractivity contribution in [3.63, 3.8) is 0 Å². The number of anilines is 3. The molecule has 0 bridgehead atoms. The van der Waals surface area contributed by atoms with Crippen LogP contribution in [0.25, 0.3) is 0 Å². The van der Waals surface area contributed by atoms with E-state index >= 15 is 0 Å². The molecule has 0 unspecified atom stereocenters. The van der Waals surface area contributed by atoms with Crippen LogP contribution in [0.3, 0.4) is 0 Å². The zero-order valence-electron chi connectivity index (χ0n) is 11.9. The third kappa shape index (κ3) is 3.02. The van der Waals surface area contributed by atoms with Gasteiger partial charge in [-0.1, -0.05) is 12.1 Å². The fourth-order valence-electron chi connectivity index (χ4n) is 1.83. The summed E-state index contributed by atoms with van der Waals surface area (Å²) in [5.41, 5.74) is 4.63. The topological polar surface area (TPSA) is 49.8 Å². The Hall–Kier alpha value is -2.10. The summed E-state index contributed by atoms with van der Waals surface area (Å²) in [7, 11) is 0. The molecule has 100 valence electrons. The summed E-state index contributed by atoms with van der Waals surface area (Å²) in [4.78, 5) is 8.74. The Morgan fingerprint density at radius 2 is 1.89 bits per heavy atom. The summed E-state index contributed by atoms with van der Waals surface area (Å²) in [5.74, 6) is 1.50. The van der Waals surface area contributed by atoms with E-state index in [4.69, 9.17) is 0 Å². The van der Waals surface area contributed by atoms with Crippen molar-refractivity contribution in [2.75, 3.05) is 17.2 Å². The summed E-state index contributed by atoms with van der Waals surface area (Å²) in [5, 5.41) is 6.51. The highest BCUT2D eigenvalue weighted by molar-refractivity contribution is 5.64. The van der Waals surface area contributed by atoms with Gasteiger partial charge in [-0.25, -0.2) is 4.98 Å². The van der Waals surface area contributed by atoms with E-state index in [1.807, 2.05) is 26.1 Å². The van der Waals surface area contributed by atoms with Crippen molar-refractivity contribution in [3.8, 4) is 0 Å². The van der Waals surface area contributed by atoms with Crippen LogP contribution in [-0.4, -0.2) is 16.5 Å². The Morgan fingerprint density at radius 3 is 2.63 bits per heavy atom. The maximum Gasteiger partial charge on any atom is 0.224 e. The summed E-state index contributed by atoms with van der Waals surface area (Å²) in [6, 6.07) is 6.22. The van der Waals surface area contributed by atoms with E-state index in [1.54, 1.807) is 0 Å². The number of hydrogen-bond donors (Lipinski definition) is 2. The third-order valence-electron chi connectivity index (χ3n) is 3.16. The molecule has 0 spiro atoms. The molecule has 0 fully saturated rings. The molecule has 4 nitrogen and oxygen atoms in total. The summed E-state index contributed by atoms with van der Waals surface area (Å²) in [6.45, 7) is 9.06.